The van der Waals surface area contributed by atoms with Crippen LogP contribution in [0.15, 0.2) is 0 Å². The van der Waals surface area contributed by atoms with E-state index in [4.69, 9.17) is 9.84 Å². The molecule has 1 atom stereocenters. The second kappa shape index (κ2) is 6.21. The minimum atomic E-state index is -0.986. The highest BCUT2D eigenvalue weighted by molar-refractivity contribution is 5.80. The van der Waals surface area contributed by atoms with Crippen molar-refractivity contribution >= 4 is 12.0 Å². The van der Waals surface area contributed by atoms with Gasteiger partial charge in [-0.3, -0.25) is 9.69 Å². The highest BCUT2D eigenvalue weighted by Crippen LogP contribution is 2.17. The maximum Gasteiger partial charge on any atom is 0.323 e. The molecule has 0 radical (unpaired) electrons. The summed E-state index contributed by atoms with van der Waals surface area (Å²) in [4.78, 5) is 28.0. The van der Waals surface area contributed by atoms with Gasteiger partial charge in [0.05, 0.1) is 13.2 Å². The van der Waals surface area contributed by atoms with E-state index < -0.39 is 5.97 Å². The molecule has 0 aromatic rings. The first kappa shape index (κ1) is 14.1. The third kappa shape index (κ3) is 3.57. The predicted octanol–water partition coefficient (Wildman–Crippen LogP) is -0.471. The Morgan fingerprint density at radius 2 is 2.00 bits per heavy atom. The molecule has 0 aromatic heterocycles. The molecule has 0 bridgehead atoms. The second-order valence-corrected chi connectivity index (χ2v) is 5.07. The maximum absolute atomic E-state index is 12.1. The van der Waals surface area contributed by atoms with Crippen LogP contribution in [-0.4, -0.2) is 90.8 Å². The fraction of sp³-hybridized carbons (Fsp3) is 0.833. The Morgan fingerprint density at radius 3 is 2.63 bits per heavy atom. The standard InChI is InChI=1S/C12H21N3O4/c1-13(9-11(16)17)12(18)15-3-2-10(8-15)14-4-6-19-7-5-14/h10H,2-9H2,1H3,(H,16,17). The average molecular weight is 271 g/mol. The van der Waals surface area contributed by atoms with Crippen molar-refractivity contribution in [3.8, 4) is 0 Å². The molecule has 7 heteroatoms. The highest BCUT2D eigenvalue weighted by atomic mass is 16.5. The fourth-order valence-electron chi connectivity index (χ4n) is 2.67. The summed E-state index contributed by atoms with van der Waals surface area (Å²) in [7, 11) is 1.53. The molecule has 2 amide bonds. The summed E-state index contributed by atoms with van der Waals surface area (Å²) in [5.41, 5.74) is 0. The summed E-state index contributed by atoms with van der Waals surface area (Å²) < 4.78 is 5.32. The van der Waals surface area contributed by atoms with Gasteiger partial charge in [-0.25, -0.2) is 4.79 Å². The van der Waals surface area contributed by atoms with Crippen LogP contribution < -0.4 is 0 Å². The lowest BCUT2D eigenvalue weighted by atomic mass is 10.2. The molecule has 2 aliphatic rings. The zero-order valence-electron chi connectivity index (χ0n) is 11.2. The number of urea groups is 1. The summed E-state index contributed by atoms with van der Waals surface area (Å²) >= 11 is 0. The number of amides is 2. The molecule has 1 N–H and O–H groups in total. The van der Waals surface area contributed by atoms with Crippen LogP contribution in [-0.2, 0) is 9.53 Å². The quantitative estimate of drug-likeness (QED) is 0.751. The average Bonchev–Trinajstić information content (AvgIpc) is 2.87. The van der Waals surface area contributed by atoms with Crippen LogP contribution in [0.4, 0.5) is 4.79 Å². The van der Waals surface area contributed by atoms with Crippen LogP contribution in [0, 0.1) is 0 Å². The molecule has 2 heterocycles. The minimum Gasteiger partial charge on any atom is -0.480 e. The van der Waals surface area contributed by atoms with E-state index in [0.717, 1.165) is 32.7 Å². The van der Waals surface area contributed by atoms with Crippen molar-refractivity contribution in [3.63, 3.8) is 0 Å². The van der Waals surface area contributed by atoms with Crippen molar-refractivity contribution in [2.75, 3.05) is 53.0 Å². The summed E-state index contributed by atoms with van der Waals surface area (Å²) in [5.74, 6) is -0.986. The van der Waals surface area contributed by atoms with E-state index in [-0.39, 0.29) is 12.6 Å². The zero-order chi connectivity index (χ0) is 13.8. The van der Waals surface area contributed by atoms with E-state index in [1.165, 1.54) is 11.9 Å². The van der Waals surface area contributed by atoms with Crippen LogP contribution in [0.25, 0.3) is 0 Å². The number of ether oxygens (including phenoxy) is 1. The van der Waals surface area contributed by atoms with Crippen molar-refractivity contribution in [1.82, 2.24) is 14.7 Å². The number of hydrogen-bond donors (Lipinski definition) is 1. The van der Waals surface area contributed by atoms with E-state index in [0.29, 0.717) is 19.1 Å². The van der Waals surface area contributed by atoms with E-state index >= 15 is 0 Å². The SMILES string of the molecule is CN(CC(=O)O)C(=O)N1CCC(N2CCOCC2)C1. The number of carbonyl (C=O) groups excluding carboxylic acids is 1. The van der Waals surface area contributed by atoms with Gasteiger partial charge >= 0.3 is 12.0 Å². The zero-order valence-corrected chi connectivity index (χ0v) is 11.2. The Kier molecular flexibility index (Phi) is 4.60. The van der Waals surface area contributed by atoms with E-state index in [9.17, 15) is 9.59 Å². The van der Waals surface area contributed by atoms with Crippen LogP contribution >= 0.6 is 0 Å². The van der Waals surface area contributed by atoms with Crippen molar-refractivity contribution in [2.45, 2.75) is 12.5 Å². The van der Waals surface area contributed by atoms with Crippen molar-refractivity contribution in [1.29, 1.82) is 0 Å². The molecule has 1 unspecified atom stereocenters. The number of aliphatic carboxylic acids is 1. The van der Waals surface area contributed by atoms with Gasteiger partial charge in [0.15, 0.2) is 0 Å². The number of likely N-dealkylation sites (tertiary alicyclic amines) is 1. The van der Waals surface area contributed by atoms with Gasteiger partial charge in [0.2, 0.25) is 0 Å². The summed E-state index contributed by atoms with van der Waals surface area (Å²) in [6, 6.07) is 0.184. The lowest BCUT2D eigenvalue weighted by Crippen LogP contribution is -2.47. The van der Waals surface area contributed by atoms with Crippen molar-refractivity contribution < 1.29 is 19.4 Å². The number of morpholine rings is 1. The molecule has 7 nitrogen and oxygen atoms in total. The molecule has 19 heavy (non-hydrogen) atoms. The van der Waals surface area contributed by atoms with E-state index in [1.807, 2.05) is 0 Å². The number of carboxylic acid groups (broad SMARTS) is 1. The van der Waals surface area contributed by atoms with E-state index in [1.54, 1.807) is 4.90 Å². The third-order valence-electron chi connectivity index (χ3n) is 3.69. The molecule has 2 fully saturated rings. The molecular weight excluding hydrogens is 250 g/mol. The first-order valence-electron chi connectivity index (χ1n) is 6.61. The number of rotatable bonds is 3. The van der Waals surface area contributed by atoms with Gasteiger partial charge in [-0.2, -0.15) is 0 Å². The van der Waals surface area contributed by atoms with Gasteiger partial charge in [-0.15, -0.1) is 0 Å². The van der Waals surface area contributed by atoms with Gasteiger partial charge in [-0.1, -0.05) is 0 Å². The van der Waals surface area contributed by atoms with Crippen molar-refractivity contribution in [3.05, 3.63) is 0 Å². The lowest BCUT2D eigenvalue weighted by Gasteiger charge is -2.32. The van der Waals surface area contributed by atoms with Crippen molar-refractivity contribution in [2.24, 2.45) is 0 Å². The Hall–Kier alpha value is -1.34. The fourth-order valence-corrected chi connectivity index (χ4v) is 2.67. The maximum atomic E-state index is 12.1. The molecule has 108 valence electrons. The van der Waals surface area contributed by atoms with Crippen LogP contribution in [0.3, 0.4) is 0 Å². The Labute approximate surface area is 112 Å². The van der Waals surface area contributed by atoms with Crippen LogP contribution in [0.1, 0.15) is 6.42 Å². The largest absolute Gasteiger partial charge is 0.480 e. The Bertz CT molecular complexity index is 344. The second-order valence-electron chi connectivity index (χ2n) is 5.07. The normalized spacial score (nSPS) is 24.5. The van der Waals surface area contributed by atoms with Gasteiger partial charge in [0.1, 0.15) is 6.54 Å². The minimum absolute atomic E-state index is 0.196. The molecular formula is C12H21N3O4. The van der Waals surface area contributed by atoms with Gasteiger partial charge < -0.3 is 19.6 Å². The smallest absolute Gasteiger partial charge is 0.323 e. The Balaban J connectivity index is 1.83. The number of carbonyl (C=O) groups is 2. The number of likely N-dealkylation sites (N-methyl/N-ethyl adjacent to an activating group) is 1. The van der Waals surface area contributed by atoms with E-state index in [2.05, 4.69) is 4.90 Å². The first-order valence-corrected chi connectivity index (χ1v) is 6.61. The highest BCUT2D eigenvalue weighted by Gasteiger charge is 2.32. The molecule has 0 saturated carbocycles. The molecule has 0 spiro atoms. The van der Waals surface area contributed by atoms with Gasteiger partial charge in [0.25, 0.3) is 0 Å². The molecule has 0 aromatic carbocycles. The number of hydrogen-bond acceptors (Lipinski definition) is 4. The van der Waals surface area contributed by atoms with Crippen LogP contribution in [0.5, 0.6) is 0 Å². The Morgan fingerprint density at radius 1 is 1.32 bits per heavy atom. The van der Waals surface area contributed by atoms with Gasteiger partial charge in [-0.05, 0) is 6.42 Å². The molecule has 2 aliphatic heterocycles. The number of nitrogens with zero attached hydrogens (tertiary/aromatic N) is 3. The third-order valence-corrected chi connectivity index (χ3v) is 3.69. The predicted molar refractivity (Wildman–Crippen MR) is 68.0 cm³/mol. The molecule has 2 rings (SSSR count). The number of carboxylic acids is 1. The summed E-state index contributed by atoms with van der Waals surface area (Å²) in [6.07, 6.45) is 0.951. The topological polar surface area (TPSA) is 73.3 Å². The summed E-state index contributed by atoms with van der Waals surface area (Å²) in [6.45, 7) is 4.47. The monoisotopic (exact) mass is 271 g/mol. The van der Waals surface area contributed by atoms with Gasteiger partial charge in [0, 0.05) is 39.3 Å². The molecule has 0 aliphatic carbocycles. The molecule has 2 saturated heterocycles. The summed E-state index contributed by atoms with van der Waals surface area (Å²) in [5, 5.41) is 8.70. The first-order chi connectivity index (χ1) is 9.08. The van der Waals surface area contributed by atoms with Crippen LogP contribution in [0.2, 0.25) is 0 Å². The lowest BCUT2D eigenvalue weighted by molar-refractivity contribution is -0.137.